The smallest absolute Gasteiger partial charge is 0.306 e. The van der Waals surface area contributed by atoms with Gasteiger partial charge in [-0.05, 0) is 77.8 Å². The number of hydrogen-bond donors (Lipinski definition) is 0. The van der Waals surface area contributed by atoms with E-state index in [-0.39, 0.29) is 23.6 Å². The third-order valence-corrected chi connectivity index (χ3v) is 4.49. The predicted molar refractivity (Wildman–Crippen MR) is 123 cm³/mol. The molecule has 0 amide bonds. The highest BCUT2D eigenvalue weighted by Crippen LogP contribution is 2.33. The van der Waals surface area contributed by atoms with Crippen molar-refractivity contribution in [1.29, 1.82) is 0 Å². The number of carbonyl (C=O) groups excluding carboxylic acids is 1. The van der Waals surface area contributed by atoms with Gasteiger partial charge in [0.25, 0.3) is 0 Å². The van der Waals surface area contributed by atoms with E-state index in [1.807, 2.05) is 53.7 Å². The van der Waals surface area contributed by atoms with Gasteiger partial charge in [-0.1, -0.05) is 20.8 Å². The van der Waals surface area contributed by atoms with Crippen LogP contribution in [0.2, 0.25) is 0 Å². The predicted octanol–water partition coefficient (Wildman–Crippen LogP) is 6.91. The summed E-state index contributed by atoms with van der Waals surface area (Å²) >= 11 is 1.76. The lowest BCUT2D eigenvalue weighted by Crippen LogP contribution is -2.30. The summed E-state index contributed by atoms with van der Waals surface area (Å²) in [5, 5.41) is 13.5. The van der Waals surface area contributed by atoms with Gasteiger partial charge in [0.15, 0.2) is 5.75 Å². The van der Waals surface area contributed by atoms with Gasteiger partial charge in [-0.3, -0.25) is 4.79 Å². The quantitative estimate of drug-likeness (QED) is 0.133. The summed E-state index contributed by atoms with van der Waals surface area (Å²) in [7, 11) is 0. The van der Waals surface area contributed by atoms with Crippen molar-refractivity contribution in [3.05, 3.63) is 24.3 Å². The van der Waals surface area contributed by atoms with Gasteiger partial charge in [-0.25, -0.2) is 0 Å². The molecule has 0 aliphatic heterocycles. The van der Waals surface area contributed by atoms with Crippen LogP contribution in [0.25, 0.3) is 0 Å². The van der Waals surface area contributed by atoms with Crippen LogP contribution in [-0.4, -0.2) is 27.6 Å². The first-order chi connectivity index (χ1) is 14.0. The zero-order valence-corrected chi connectivity index (χ0v) is 21.4. The Morgan fingerprint density at radius 1 is 0.903 bits per heavy atom. The fraction of sp³-hybridized carbons (Fsp3) is 0.696. The van der Waals surface area contributed by atoms with Crippen molar-refractivity contribution in [3.63, 3.8) is 0 Å². The molecule has 0 heterocycles. The summed E-state index contributed by atoms with van der Waals surface area (Å²) in [6, 6.07) is 7.50. The maximum Gasteiger partial charge on any atom is 0.306 e. The van der Waals surface area contributed by atoms with Gasteiger partial charge in [0.1, 0.15) is 5.60 Å². The van der Waals surface area contributed by atoms with Crippen LogP contribution in [0, 0.1) is 0 Å². The van der Waals surface area contributed by atoms with Crippen LogP contribution >= 0.6 is 11.8 Å². The van der Waals surface area contributed by atoms with E-state index in [1.165, 1.54) is 0 Å². The lowest BCUT2D eigenvalue weighted by Gasteiger charge is -2.24. The number of ether oxygens (including phenoxy) is 1. The number of carbonyl (C=O) groups is 1. The molecule has 1 rings (SSSR count). The molecule has 1 atom stereocenters. The Bertz CT molecular complexity index is 730. The van der Waals surface area contributed by atoms with Crippen LogP contribution in [0.3, 0.4) is 0 Å². The van der Waals surface area contributed by atoms with Crippen molar-refractivity contribution in [2.45, 2.75) is 109 Å². The van der Waals surface area contributed by atoms with Crippen molar-refractivity contribution in [3.8, 4) is 5.75 Å². The SMILES string of the molecule is CC(C)(C)N=NC(C)(CCC(=O)OC(C)(C)C)OOOc1ccc(SC(C)(C)C)cc1. The zero-order valence-electron chi connectivity index (χ0n) is 20.6. The molecule has 0 saturated carbocycles. The molecule has 1 aromatic carbocycles. The van der Waals surface area contributed by atoms with Crippen molar-refractivity contribution < 1.29 is 24.3 Å². The van der Waals surface area contributed by atoms with E-state index in [1.54, 1.807) is 30.8 Å². The maximum atomic E-state index is 12.1. The summed E-state index contributed by atoms with van der Waals surface area (Å²) < 4.78 is 5.48. The van der Waals surface area contributed by atoms with Crippen LogP contribution < -0.4 is 4.89 Å². The Kier molecular flexibility index (Phi) is 9.53. The van der Waals surface area contributed by atoms with Crippen LogP contribution in [0.1, 0.15) is 82.1 Å². The van der Waals surface area contributed by atoms with E-state index in [0.717, 1.165) is 4.90 Å². The van der Waals surface area contributed by atoms with Crippen LogP contribution in [0.4, 0.5) is 0 Å². The van der Waals surface area contributed by atoms with Gasteiger partial charge in [-0.15, -0.1) is 11.8 Å². The first-order valence-corrected chi connectivity index (χ1v) is 11.3. The molecule has 0 fully saturated rings. The van der Waals surface area contributed by atoms with Crippen LogP contribution in [0.15, 0.2) is 39.4 Å². The topological polar surface area (TPSA) is 78.7 Å². The van der Waals surface area contributed by atoms with Gasteiger partial charge in [-0.2, -0.15) is 15.1 Å². The van der Waals surface area contributed by atoms with Gasteiger partial charge in [0.2, 0.25) is 5.72 Å². The zero-order chi connectivity index (χ0) is 23.9. The lowest BCUT2D eigenvalue weighted by molar-refractivity contribution is -0.502. The molecule has 8 heteroatoms. The van der Waals surface area contributed by atoms with E-state index in [2.05, 4.69) is 31.0 Å². The Labute approximate surface area is 191 Å². The number of azo groups is 1. The molecule has 0 spiro atoms. The Hall–Kier alpha value is -1.64. The van der Waals surface area contributed by atoms with Crippen LogP contribution in [-0.2, 0) is 19.5 Å². The molecule has 1 unspecified atom stereocenters. The number of nitrogens with zero attached hydrogens (tertiary/aromatic N) is 2. The molecule has 0 N–H and O–H groups in total. The van der Waals surface area contributed by atoms with E-state index >= 15 is 0 Å². The lowest BCUT2D eigenvalue weighted by atomic mass is 10.1. The summed E-state index contributed by atoms with van der Waals surface area (Å²) in [6.45, 7) is 19.4. The van der Waals surface area contributed by atoms with Crippen molar-refractivity contribution in [1.82, 2.24) is 0 Å². The van der Waals surface area contributed by atoms with Crippen molar-refractivity contribution in [2.75, 3.05) is 0 Å². The van der Waals surface area contributed by atoms with Gasteiger partial charge in [0, 0.05) is 16.1 Å². The second-order valence-electron chi connectivity index (χ2n) is 10.6. The normalized spacial score (nSPS) is 15.0. The molecule has 0 bridgehead atoms. The molecule has 0 radical (unpaired) electrons. The fourth-order valence-electron chi connectivity index (χ4n) is 2.14. The van der Waals surface area contributed by atoms with Gasteiger partial charge < -0.3 is 9.62 Å². The number of thioether (sulfide) groups is 1. The molecule has 7 nitrogen and oxygen atoms in total. The third kappa shape index (κ3) is 13.4. The summed E-state index contributed by atoms with van der Waals surface area (Å²) in [4.78, 5) is 23.9. The van der Waals surface area contributed by atoms with E-state index in [9.17, 15) is 4.79 Å². The van der Waals surface area contributed by atoms with Gasteiger partial charge in [0.05, 0.1) is 12.0 Å². The van der Waals surface area contributed by atoms with E-state index < -0.39 is 16.9 Å². The Morgan fingerprint density at radius 3 is 1.97 bits per heavy atom. The number of benzene rings is 1. The van der Waals surface area contributed by atoms with Crippen LogP contribution in [0.5, 0.6) is 5.75 Å². The average molecular weight is 455 g/mol. The molecular formula is C23H38N2O5S. The maximum absolute atomic E-state index is 12.1. The molecule has 0 aliphatic rings. The minimum absolute atomic E-state index is 0.0962. The molecule has 0 aromatic heterocycles. The van der Waals surface area contributed by atoms with Crippen molar-refractivity contribution in [2.24, 2.45) is 10.2 Å². The van der Waals surface area contributed by atoms with E-state index in [0.29, 0.717) is 5.75 Å². The van der Waals surface area contributed by atoms with E-state index in [4.69, 9.17) is 19.6 Å². The summed E-state index contributed by atoms with van der Waals surface area (Å²) in [6.07, 6.45) is 0.311. The number of rotatable bonds is 9. The summed E-state index contributed by atoms with van der Waals surface area (Å²) in [5.74, 6) is 0.140. The minimum atomic E-state index is -1.22. The highest BCUT2D eigenvalue weighted by Gasteiger charge is 2.31. The molecule has 0 aliphatic carbocycles. The van der Waals surface area contributed by atoms with Gasteiger partial charge >= 0.3 is 5.97 Å². The molecule has 1 aromatic rings. The molecule has 31 heavy (non-hydrogen) atoms. The third-order valence-electron chi connectivity index (χ3n) is 3.37. The summed E-state index contributed by atoms with van der Waals surface area (Å²) in [5.41, 5.74) is -2.18. The monoisotopic (exact) mass is 454 g/mol. The first kappa shape index (κ1) is 27.4. The second-order valence-corrected chi connectivity index (χ2v) is 12.5. The first-order valence-electron chi connectivity index (χ1n) is 10.4. The van der Waals surface area contributed by atoms with Crippen molar-refractivity contribution >= 4 is 17.7 Å². The molecule has 176 valence electrons. The Morgan fingerprint density at radius 2 is 1.48 bits per heavy atom. The molecular weight excluding hydrogens is 416 g/mol. The number of esters is 1. The largest absolute Gasteiger partial charge is 0.460 e. The standard InChI is InChI=1S/C23H38N2O5S/c1-20(2,3)24-25-23(10,16-15-19(26)27-21(4,5)6)29-30-28-17-11-13-18(14-12-17)31-22(7,8)9/h11-14H,15-16H2,1-10H3. The minimum Gasteiger partial charge on any atom is -0.460 e. The highest BCUT2D eigenvalue weighted by molar-refractivity contribution is 8.00. The second kappa shape index (κ2) is 10.8. The number of hydrogen-bond acceptors (Lipinski definition) is 8. The Balaban J connectivity index is 2.73. The highest BCUT2D eigenvalue weighted by atomic mass is 32.2. The fourth-order valence-corrected chi connectivity index (χ4v) is 3.12. The average Bonchev–Trinajstić information content (AvgIpc) is 2.57. The molecule has 0 saturated heterocycles.